The topological polar surface area (TPSA) is 15.3 Å². The first-order valence-electron chi connectivity index (χ1n) is 5.98. The van der Waals surface area contributed by atoms with E-state index in [1.54, 1.807) is 0 Å². The molecule has 1 aliphatic heterocycles. The van der Waals surface area contributed by atoms with Gasteiger partial charge in [0, 0.05) is 28.5 Å². The predicted molar refractivity (Wildman–Crippen MR) is 74.0 cm³/mol. The summed E-state index contributed by atoms with van der Waals surface area (Å²) in [6, 6.07) is 2.88. The molecule has 1 N–H and O–H groups in total. The lowest BCUT2D eigenvalue weighted by Crippen LogP contribution is -2.37. The van der Waals surface area contributed by atoms with Crippen molar-refractivity contribution >= 4 is 27.3 Å². The molecule has 2 heterocycles. The lowest BCUT2D eigenvalue weighted by Gasteiger charge is -2.24. The van der Waals surface area contributed by atoms with Crippen molar-refractivity contribution in [2.45, 2.75) is 32.4 Å². The Hall–Kier alpha value is 0.100. The molecule has 0 saturated carbocycles. The van der Waals surface area contributed by atoms with E-state index < -0.39 is 0 Å². The zero-order chi connectivity index (χ0) is 11.4. The molecule has 1 aromatic rings. The summed E-state index contributed by atoms with van der Waals surface area (Å²) in [5, 5.41) is 5.63. The van der Waals surface area contributed by atoms with Gasteiger partial charge in [0.1, 0.15) is 0 Å². The number of hydrogen-bond donors (Lipinski definition) is 1. The molecule has 1 aliphatic rings. The molecule has 2 rings (SSSR count). The second-order valence-corrected chi connectivity index (χ2v) is 6.12. The van der Waals surface area contributed by atoms with Crippen LogP contribution >= 0.6 is 27.3 Å². The summed E-state index contributed by atoms with van der Waals surface area (Å²) in [6.07, 6.45) is 2.69. The summed E-state index contributed by atoms with van der Waals surface area (Å²) in [5.74, 6) is 0. The lowest BCUT2D eigenvalue weighted by atomic mass is 10.2. The molecule has 1 unspecified atom stereocenters. The molecular formula is C12H19BrN2S. The van der Waals surface area contributed by atoms with Crippen molar-refractivity contribution in [2.75, 3.05) is 19.6 Å². The van der Waals surface area contributed by atoms with Gasteiger partial charge in [-0.05, 0) is 53.3 Å². The van der Waals surface area contributed by atoms with Gasteiger partial charge in [-0.15, -0.1) is 11.3 Å². The second-order valence-electron chi connectivity index (χ2n) is 4.27. The fourth-order valence-corrected chi connectivity index (χ4v) is 3.77. The summed E-state index contributed by atoms with van der Waals surface area (Å²) in [5.41, 5.74) is 0. The zero-order valence-corrected chi connectivity index (χ0v) is 12.1. The number of hydrogen-bond acceptors (Lipinski definition) is 3. The smallest absolute Gasteiger partial charge is 0.0342 e. The number of nitrogens with zero attached hydrogens (tertiary/aromatic N) is 1. The van der Waals surface area contributed by atoms with Crippen LogP contribution in [0.4, 0.5) is 0 Å². The molecule has 0 aliphatic carbocycles. The van der Waals surface area contributed by atoms with Crippen LogP contribution < -0.4 is 5.32 Å². The Balaban J connectivity index is 1.91. The van der Waals surface area contributed by atoms with Gasteiger partial charge >= 0.3 is 0 Å². The number of halogens is 1. The minimum absolute atomic E-state index is 0.731. The minimum atomic E-state index is 0.731. The van der Waals surface area contributed by atoms with E-state index in [2.05, 4.69) is 44.5 Å². The van der Waals surface area contributed by atoms with Crippen LogP contribution in [0, 0.1) is 0 Å². The van der Waals surface area contributed by atoms with Crippen LogP contribution in [0.25, 0.3) is 0 Å². The number of likely N-dealkylation sites (tertiary alicyclic amines) is 1. The number of thiophene rings is 1. The van der Waals surface area contributed by atoms with E-state index >= 15 is 0 Å². The minimum Gasteiger partial charge on any atom is -0.315 e. The maximum absolute atomic E-state index is 3.61. The Morgan fingerprint density at radius 2 is 2.50 bits per heavy atom. The third-order valence-electron chi connectivity index (χ3n) is 3.17. The largest absolute Gasteiger partial charge is 0.315 e. The monoisotopic (exact) mass is 302 g/mol. The molecule has 0 spiro atoms. The predicted octanol–water partition coefficient (Wildman–Crippen LogP) is 3.08. The van der Waals surface area contributed by atoms with Crippen molar-refractivity contribution in [2.24, 2.45) is 0 Å². The molecule has 90 valence electrons. The van der Waals surface area contributed by atoms with Crippen LogP contribution in [-0.2, 0) is 6.54 Å². The molecule has 0 radical (unpaired) electrons. The summed E-state index contributed by atoms with van der Waals surface area (Å²) >= 11 is 5.47. The highest BCUT2D eigenvalue weighted by Gasteiger charge is 2.24. The van der Waals surface area contributed by atoms with Gasteiger partial charge in [-0.3, -0.25) is 4.90 Å². The second kappa shape index (κ2) is 6.15. The summed E-state index contributed by atoms with van der Waals surface area (Å²) in [6.45, 7) is 6.75. The van der Waals surface area contributed by atoms with E-state index in [0.717, 1.165) is 25.7 Å². The number of rotatable bonds is 5. The van der Waals surface area contributed by atoms with Crippen LogP contribution in [0.15, 0.2) is 15.9 Å². The molecule has 0 bridgehead atoms. The molecule has 0 amide bonds. The fraction of sp³-hybridized carbons (Fsp3) is 0.667. The highest BCUT2D eigenvalue weighted by atomic mass is 79.9. The van der Waals surface area contributed by atoms with Gasteiger partial charge in [-0.2, -0.15) is 0 Å². The maximum Gasteiger partial charge on any atom is 0.0342 e. The molecule has 16 heavy (non-hydrogen) atoms. The van der Waals surface area contributed by atoms with Crippen molar-refractivity contribution < 1.29 is 0 Å². The average molecular weight is 303 g/mol. The molecular weight excluding hydrogens is 284 g/mol. The molecule has 1 atom stereocenters. The van der Waals surface area contributed by atoms with Crippen LogP contribution in [-0.4, -0.2) is 30.6 Å². The third-order valence-corrected chi connectivity index (χ3v) is 5.08. The van der Waals surface area contributed by atoms with Crippen LogP contribution in [0.3, 0.4) is 0 Å². The quantitative estimate of drug-likeness (QED) is 0.899. The van der Waals surface area contributed by atoms with Gasteiger partial charge in [-0.1, -0.05) is 6.92 Å². The van der Waals surface area contributed by atoms with E-state index in [1.807, 2.05) is 11.3 Å². The number of likely N-dealkylation sites (N-methyl/N-ethyl adjacent to an activating group) is 1. The summed E-state index contributed by atoms with van der Waals surface area (Å²) in [4.78, 5) is 4.07. The Bertz CT molecular complexity index is 327. The van der Waals surface area contributed by atoms with E-state index in [0.29, 0.717) is 0 Å². The Labute approximate surface area is 110 Å². The third kappa shape index (κ3) is 3.06. The van der Waals surface area contributed by atoms with Gasteiger partial charge in [-0.25, -0.2) is 0 Å². The molecule has 4 heteroatoms. The molecule has 1 aromatic heterocycles. The first-order valence-corrected chi connectivity index (χ1v) is 7.65. The highest BCUT2D eigenvalue weighted by Crippen LogP contribution is 2.27. The zero-order valence-electron chi connectivity index (χ0n) is 9.71. The SMILES string of the molecule is CCNCC1CCCN1Cc1sccc1Br. The lowest BCUT2D eigenvalue weighted by molar-refractivity contribution is 0.242. The molecule has 0 aromatic carbocycles. The van der Waals surface area contributed by atoms with E-state index in [9.17, 15) is 0 Å². The van der Waals surface area contributed by atoms with Crippen LogP contribution in [0.5, 0.6) is 0 Å². The van der Waals surface area contributed by atoms with Gasteiger partial charge in [0.2, 0.25) is 0 Å². The van der Waals surface area contributed by atoms with Crippen molar-refractivity contribution in [3.8, 4) is 0 Å². The van der Waals surface area contributed by atoms with Crippen molar-refractivity contribution in [3.63, 3.8) is 0 Å². The van der Waals surface area contributed by atoms with Gasteiger partial charge in [0.25, 0.3) is 0 Å². The molecule has 2 nitrogen and oxygen atoms in total. The number of nitrogens with one attached hydrogen (secondary N) is 1. The first kappa shape index (κ1) is 12.6. The Kier molecular flexibility index (Phi) is 4.82. The fourth-order valence-electron chi connectivity index (χ4n) is 2.27. The normalized spacial score (nSPS) is 21.8. The van der Waals surface area contributed by atoms with Gasteiger partial charge < -0.3 is 5.32 Å². The molecule has 1 saturated heterocycles. The maximum atomic E-state index is 3.61. The van der Waals surface area contributed by atoms with E-state index in [1.165, 1.54) is 28.7 Å². The summed E-state index contributed by atoms with van der Waals surface area (Å²) < 4.78 is 1.27. The standard InChI is InChI=1S/C12H19BrN2S/c1-2-14-8-10-4-3-6-15(10)9-12-11(13)5-7-16-12/h5,7,10,14H,2-4,6,8-9H2,1H3. The Morgan fingerprint density at radius 3 is 3.19 bits per heavy atom. The van der Waals surface area contributed by atoms with Gasteiger partial charge in [0.15, 0.2) is 0 Å². The van der Waals surface area contributed by atoms with Crippen molar-refractivity contribution in [1.29, 1.82) is 0 Å². The summed E-state index contributed by atoms with van der Waals surface area (Å²) in [7, 11) is 0. The van der Waals surface area contributed by atoms with E-state index in [-0.39, 0.29) is 0 Å². The van der Waals surface area contributed by atoms with Crippen molar-refractivity contribution in [1.82, 2.24) is 10.2 Å². The first-order chi connectivity index (χ1) is 7.81. The van der Waals surface area contributed by atoms with E-state index in [4.69, 9.17) is 0 Å². The van der Waals surface area contributed by atoms with Crippen molar-refractivity contribution in [3.05, 3.63) is 20.8 Å². The van der Waals surface area contributed by atoms with Crippen LogP contribution in [0.2, 0.25) is 0 Å². The molecule has 1 fully saturated rings. The van der Waals surface area contributed by atoms with Crippen LogP contribution in [0.1, 0.15) is 24.6 Å². The Morgan fingerprint density at radius 1 is 1.62 bits per heavy atom. The average Bonchev–Trinajstić information content (AvgIpc) is 2.87. The van der Waals surface area contributed by atoms with Gasteiger partial charge in [0.05, 0.1) is 0 Å². The highest BCUT2D eigenvalue weighted by molar-refractivity contribution is 9.10.